The average molecular weight is 263 g/mol. The van der Waals surface area contributed by atoms with Gasteiger partial charge in [0, 0.05) is 10.4 Å². The van der Waals surface area contributed by atoms with Crippen molar-refractivity contribution >= 4 is 11.8 Å². The third-order valence-corrected chi connectivity index (χ3v) is 4.40. The predicted octanol–water partition coefficient (Wildman–Crippen LogP) is 4.05. The van der Waals surface area contributed by atoms with Gasteiger partial charge < -0.3 is 5.32 Å². The van der Waals surface area contributed by atoms with Crippen molar-refractivity contribution in [2.75, 3.05) is 12.3 Å². The van der Waals surface area contributed by atoms with Crippen molar-refractivity contribution < 1.29 is 0 Å². The fourth-order valence-electron chi connectivity index (χ4n) is 2.36. The van der Waals surface area contributed by atoms with Crippen LogP contribution in [0.5, 0.6) is 0 Å². The molecule has 1 aliphatic rings. The van der Waals surface area contributed by atoms with E-state index >= 15 is 0 Å². The van der Waals surface area contributed by atoms with Crippen molar-refractivity contribution in [3.8, 4) is 0 Å². The third kappa shape index (κ3) is 4.33. The first-order valence-corrected chi connectivity index (χ1v) is 8.03. The zero-order valence-corrected chi connectivity index (χ0v) is 12.7. The highest BCUT2D eigenvalue weighted by molar-refractivity contribution is 7.99. The smallest absolute Gasteiger partial charge is 0.00965 e. The van der Waals surface area contributed by atoms with Crippen molar-refractivity contribution in [3.05, 3.63) is 29.3 Å². The van der Waals surface area contributed by atoms with E-state index in [2.05, 4.69) is 44.3 Å². The number of nitrogens with one attached hydrogen (secondary N) is 1. The van der Waals surface area contributed by atoms with Crippen molar-refractivity contribution in [2.45, 2.75) is 56.9 Å². The van der Waals surface area contributed by atoms with Crippen molar-refractivity contribution in [1.82, 2.24) is 5.32 Å². The molecule has 18 heavy (non-hydrogen) atoms. The minimum atomic E-state index is 0.248. The molecule has 0 radical (unpaired) electrons. The molecule has 1 N–H and O–H groups in total. The Morgan fingerprint density at radius 3 is 2.72 bits per heavy atom. The molecule has 0 heterocycles. The molecule has 0 spiro atoms. The Labute approximate surface area is 116 Å². The van der Waals surface area contributed by atoms with Gasteiger partial charge in [-0.25, -0.2) is 0 Å². The van der Waals surface area contributed by atoms with Crippen LogP contribution in [0.1, 0.15) is 44.7 Å². The second-order valence-electron chi connectivity index (χ2n) is 6.16. The lowest BCUT2D eigenvalue weighted by atomic mass is 10.1. The summed E-state index contributed by atoms with van der Waals surface area (Å²) in [6.07, 6.45) is 5.16. The van der Waals surface area contributed by atoms with E-state index in [1.165, 1.54) is 36.3 Å². The molecule has 0 saturated heterocycles. The van der Waals surface area contributed by atoms with Crippen LogP contribution in [0.15, 0.2) is 23.1 Å². The van der Waals surface area contributed by atoms with Gasteiger partial charge in [0.15, 0.2) is 0 Å². The van der Waals surface area contributed by atoms with Gasteiger partial charge in [-0.3, -0.25) is 0 Å². The molecular weight excluding hydrogens is 238 g/mol. The Kier molecular flexibility index (Phi) is 4.74. The molecule has 2 heteroatoms. The molecule has 1 nitrogen and oxygen atoms in total. The first-order chi connectivity index (χ1) is 8.54. The highest BCUT2D eigenvalue weighted by Crippen LogP contribution is 2.27. The van der Waals surface area contributed by atoms with Gasteiger partial charge in [0.2, 0.25) is 0 Å². The summed E-state index contributed by atoms with van der Waals surface area (Å²) in [5.41, 5.74) is 3.42. The summed E-state index contributed by atoms with van der Waals surface area (Å²) in [5, 5.41) is 3.54. The lowest BCUT2D eigenvalue weighted by molar-refractivity contribution is 0.427. The minimum absolute atomic E-state index is 0.248. The Hall–Kier alpha value is -0.470. The fourth-order valence-corrected chi connectivity index (χ4v) is 3.28. The molecule has 0 aliphatic heterocycles. The molecule has 0 amide bonds. The average Bonchev–Trinajstić information content (AvgIpc) is 2.74. The first-order valence-electron chi connectivity index (χ1n) is 7.04. The maximum atomic E-state index is 3.54. The van der Waals surface area contributed by atoms with E-state index < -0.39 is 0 Å². The molecule has 1 aromatic rings. The van der Waals surface area contributed by atoms with Gasteiger partial charge in [0.05, 0.1) is 0 Å². The molecular formula is C16H25NS. The van der Waals surface area contributed by atoms with Gasteiger partial charge in [-0.05, 0) is 82.0 Å². The van der Waals surface area contributed by atoms with Crippen molar-refractivity contribution in [2.24, 2.45) is 0 Å². The highest BCUT2D eigenvalue weighted by atomic mass is 32.2. The van der Waals surface area contributed by atoms with Crippen LogP contribution in [0.4, 0.5) is 0 Å². The second kappa shape index (κ2) is 6.12. The van der Waals surface area contributed by atoms with Crippen LogP contribution in [0, 0.1) is 0 Å². The number of fused-ring (bicyclic) bond motifs is 1. The van der Waals surface area contributed by atoms with E-state index in [0.29, 0.717) is 0 Å². The molecule has 0 bridgehead atoms. The van der Waals surface area contributed by atoms with Gasteiger partial charge in [-0.1, -0.05) is 6.07 Å². The largest absolute Gasteiger partial charge is 0.312 e. The molecule has 0 aromatic heterocycles. The quantitative estimate of drug-likeness (QED) is 0.635. The maximum Gasteiger partial charge on any atom is 0.00965 e. The van der Waals surface area contributed by atoms with Crippen LogP contribution in [0.2, 0.25) is 0 Å². The van der Waals surface area contributed by atoms with Crippen molar-refractivity contribution in [3.63, 3.8) is 0 Å². The van der Waals surface area contributed by atoms with E-state index in [0.717, 1.165) is 6.54 Å². The van der Waals surface area contributed by atoms with E-state index in [1.807, 2.05) is 11.8 Å². The summed E-state index contributed by atoms with van der Waals surface area (Å²) < 4.78 is 0. The van der Waals surface area contributed by atoms with Gasteiger partial charge in [-0.15, -0.1) is 11.8 Å². The van der Waals surface area contributed by atoms with E-state index in [4.69, 9.17) is 0 Å². The topological polar surface area (TPSA) is 12.0 Å². The molecule has 100 valence electrons. The lowest BCUT2D eigenvalue weighted by Crippen LogP contribution is -2.36. The molecule has 2 rings (SSSR count). The second-order valence-corrected chi connectivity index (χ2v) is 7.33. The molecule has 0 unspecified atom stereocenters. The van der Waals surface area contributed by atoms with Crippen LogP contribution >= 0.6 is 11.8 Å². The zero-order chi connectivity index (χ0) is 13.0. The van der Waals surface area contributed by atoms with Crippen LogP contribution < -0.4 is 5.32 Å². The first kappa shape index (κ1) is 14.0. The van der Waals surface area contributed by atoms with Crippen LogP contribution in [0.25, 0.3) is 0 Å². The Balaban J connectivity index is 1.71. The summed E-state index contributed by atoms with van der Waals surface area (Å²) in [7, 11) is 0. The molecule has 1 aromatic carbocycles. The summed E-state index contributed by atoms with van der Waals surface area (Å²) in [4.78, 5) is 1.45. The maximum absolute atomic E-state index is 3.54. The number of thioether (sulfide) groups is 1. The summed E-state index contributed by atoms with van der Waals surface area (Å²) in [6.45, 7) is 7.78. The van der Waals surface area contributed by atoms with Crippen molar-refractivity contribution in [1.29, 1.82) is 0 Å². The van der Waals surface area contributed by atoms with Crippen LogP contribution in [-0.2, 0) is 12.8 Å². The molecule has 0 fully saturated rings. The van der Waals surface area contributed by atoms with Crippen LogP contribution in [0.3, 0.4) is 0 Å². The minimum Gasteiger partial charge on any atom is -0.312 e. The normalized spacial score (nSPS) is 14.8. The third-order valence-electron chi connectivity index (χ3n) is 3.32. The Morgan fingerprint density at radius 2 is 1.94 bits per heavy atom. The highest BCUT2D eigenvalue weighted by Gasteiger charge is 2.11. The number of hydrogen-bond acceptors (Lipinski definition) is 2. The van der Waals surface area contributed by atoms with Gasteiger partial charge in [0.1, 0.15) is 0 Å². The number of rotatable bonds is 5. The van der Waals surface area contributed by atoms with E-state index in [9.17, 15) is 0 Å². The van der Waals surface area contributed by atoms with E-state index in [-0.39, 0.29) is 5.54 Å². The molecule has 1 aliphatic carbocycles. The molecule has 0 saturated carbocycles. The molecule has 0 atom stereocenters. The zero-order valence-electron chi connectivity index (χ0n) is 11.9. The summed E-state index contributed by atoms with van der Waals surface area (Å²) in [5.74, 6) is 1.21. The summed E-state index contributed by atoms with van der Waals surface area (Å²) in [6, 6.07) is 7.04. The predicted molar refractivity (Wildman–Crippen MR) is 81.6 cm³/mol. The summed E-state index contributed by atoms with van der Waals surface area (Å²) >= 11 is 2.00. The fraction of sp³-hybridized carbons (Fsp3) is 0.625. The van der Waals surface area contributed by atoms with E-state index in [1.54, 1.807) is 11.1 Å². The lowest BCUT2D eigenvalue weighted by Gasteiger charge is -2.20. The Bertz CT molecular complexity index is 393. The van der Waals surface area contributed by atoms with Gasteiger partial charge in [-0.2, -0.15) is 0 Å². The van der Waals surface area contributed by atoms with Gasteiger partial charge in [0.25, 0.3) is 0 Å². The van der Waals surface area contributed by atoms with Gasteiger partial charge >= 0.3 is 0 Å². The number of hydrogen-bond donors (Lipinski definition) is 1. The SMILES string of the molecule is CC(C)(C)NCCCSc1ccc2c(c1)CCC2. The standard InChI is InChI=1S/C16H25NS/c1-16(2,3)17-10-5-11-18-15-9-8-13-6-4-7-14(13)12-15/h8-9,12,17H,4-7,10-11H2,1-3H3. The monoisotopic (exact) mass is 263 g/mol. The van der Waals surface area contributed by atoms with Crippen LogP contribution in [-0.4, -0.2) is 17.8 Å². The number of aryl methyl sites for hydroxylation is 2. The Morgan fingerprint density at radius 1 is 1.17 bits per heavy atom. The number of benzene rings is 1.